The van der Waals surface area contributed by atoms with E-state index in [1.165, 1.54) is 0 Å². The molecule has 0 bridgehead atoms. The van der Waals surface area contributed by atoms with Crippen LogP contribution in [0.25, 0.3) is 0 Å². The summed E-state index contributed by atoms with van der Waals surface area (Å²) >= 11 is 0. The second-order valence-corrected chi connectivity index (χ2v) is 5.86. The summed E-state index contributed by atoms with van der Waals surface area (Å²) in [7, 11) is 1.63. The molecule has 0 saturated heterocycles. The van der Waals surface area contributed by atoms with Crippen molar-refractivity contribution >= 4 is 11.9 Å². The summed E-state index contributed by atoms with van der Waals surface area (Å²) in [5.74, 6) is 2.28. The average Bonchev–Trinajstić information content (AvgIpc) is 2.68. The monoisotopic (exact) mass is 378 g/mol. The number of amides is 1. The highest BCUT2D eigenvalue weighted by molar-refractivity contribution is 5.81. The number of guanidine groups is 1. The summed E-state index contributed by atoms with van der Waals surface area (Å²) in [5.41, 5.74) is 1.02. The van der Waals surface area contributed by atoms with E-state index in [1.807, 2.05) is 50.8 Å². The van der Waals surface area contributed by atoms with Gasteiger partial charge in [-0.2, -0.15) is 0 Å². The Balaban J connectivity index is 2.66. The van der Waals surface area contributed by atoms with Gasteiger partial charge in [-0.25, -0.2) is 4.99 Å². The minimum atomic E-state index is 0.152. The van der Waals surface area contributed by atoms with E-state index in [4.69, 9.17) is 9.47 Å². The third-order valence-electron chi connectivity index (χ3n) is 4.04. The number of ether oxygens (including phenoxy) is 2. The lowest BCUT2D eigenvalue weighted by atomic mass is 10.2. The first kappa shape index (κ1) is 22.6. The molecular weight excluding hydrogens is 344 g/mol. The Morgan fingerprint density at radius 1 is 1.11 bits per heavy atom. The van der Waals surface area contributed by atoms with Crippen molar-refractivity contribution < 1.29 is 14.3 Å². The quantitative estimate of drug-likeness (QED) is 0.457. The Hall–Kier alpha value is -2.44. The van der Waals surface area contributed by atoms with Gasteiger partial charge in [-0.3, -0.25) is 4.79 Å². The smallest absolute Gasteiger partial charge is 0.224 e. The third-order valence-corrected chi connectivity index (χ3v) is 4.04. The van der Waals surface area contributed by atoms with Crippen LogP contribution in [0, 0.1) is 0 Å². The van der Waals surface area contributed by atoms with Gasteiger partial charge in [0.1, 0.15) is 0 Å². The van der Waals surface area contributed by atoms with Gasteiger partial charge in [0, 0.05) is 32.6 Å². The van der Waals surface area contributed by atoms with Crippen molar-refractivity contribution in [2.45, 2.75) is 40.7 Å². The van der Waals surface area contributed by atoms with E-state index in [1.54, 1.807) is 7.11 Å². The van der Waals surface area contributed by atoms with Gasteiger partial charge in [0.25, 0.3) is 0 Å². The molecule has 0 unspecified atom stereocenters. The predicted molar refractivity (Wildman–Crippen MR) is 110 cm³/mol. The molecule has 7 heteroatoms. The summed E-state index contributed by atoms with van der Waals surface area (Å²) in [5, 5.41) is 6.42. The van der Waals surface area contributed by atoms with Crippen LogP contribution in [0.1, 0.15) is 39.7 Å². The molecule has 0 heterocycles. The molecule has 1 amide bonds. The summed E-state index contributed by atoms with van der Waals surface area (Å²) in [6, 6.07) is 5.81. The van der Waals surface area contributed by atoms with E-state index >= 15 is 0 Å². The molecule has 0 fully saturated rings. The van der Waals surface area contributed by atoms with Crippen molar-refractivity contribution in [3.63, 3.8) is 0 Å². The molecule has 0 aromatic heterocycles. The van der Waals surface area contributed by atoms with Crippen LogP contribution >= 0.6 is 0 Å². The molecule has 2 N–H and O–H groups in total. The van der Waals surface area contributed by atoms with Crippen LogP contribution in [0.3, 0.4) is 0 Å². The molecule has 1 rings (SSSR count). The number of rotatable bonds is 11. The van der Waals surface area contributed by atoms with E-state index in [0.717, 1.165) is 30.9 Å². The molecule has 0 atom stereocenters. The highest BCUT2D eigenvalue weighted by atomic mass is 16.5. The summed E-state index contributed by atoms with van der Waals surface area (Å²) < 4.78 is 10.9. The Kier molecular flexibility index (Phi) is 10.7. The first-order valence-corrected chi connectivity index (χ1v) is 9.69. The number of carbonyl (C=O) groups is 1. The minimum Gasteiger partial charge on any atom is -0.493 e. The van der Waals surface area contributed by atoms with Crippen LogP contribution < -0.4 is 20.1 Å². The zero-order valence-electron chi connectivity index (χ0n) is 17.3. The van der Waals surface area contributed by atoms with Crippen LogP contribution in [0.4, 0.5) is 0 Å². The zero-order chi connectivity index (χ0) is 20.1. The van der Waals surface area contributed by atoms with Crippen molar-refractivity contribution in [3.05, 3.63) is 23.8 Å². The maximum absolute atomic E-state index is 12.1. The van der Waals surface area contributed by atoms with Crippen LogP contribution in [0.2, 0.25) is 0 Å². The van der Waals surface area contributed by atoms with Crippen LogP contribution in [-0.2, 0) is 11.3 Å². The van der Waals surface area contributed by atoms with Crippen molar-refractivity contribution in [1.82, 2.24) is 15.5 Å². The average molecular weight is 379 g/mol. The van der Waals surface area contributed by atoms with E-state index in [0.29, 0.717) is 37.8 Å². The van der Waals surface area contributed by atoms with Gasteiger partial charge in [0.05, 0.1) is 20.3 Å². The lowest BCUT2D eigenvalue weighted by Gasteiger charge is -2.19. The van der Waals surface area contributed by atoms with E-state index in [9.17, 15) is 4.79 Å². The number of benzene rings is 1. The molecule has 0 aliphatic rings. The Morgan fingerprint density at radius 3 is 2.44 bits per heavy atom. The standard InChI is InChI=1S/C20H34N4O3/c1-6-21-20(22-13-12-19(25)24(7-2)8-3)23-15-16-10-11-17(27-9-4)18(14-16)26-5/h10-11,14H,6-9,12-13,15H2,1-5H3,(H2,21,22,23). The molecule has 1 aromatic carbocycles. The zero-order valence-corrected chi connectivity index (χ0v) is 17.3. The second-order valence-electron chi connectivity index (χ2n) is 5.86. The largest absolute Gasteiger partial charge is 0.493 e. The number of hydrogen-bond acceptors (Lipinski definition) is 4. The molecule has 0 spiro atoms. The highest BCUT2D eigenvalue weighted by Crippen LogP contribution is 2.28. The van der Waals surface area contributed by atoms with Crippen LogP contribution in [0.5, 0.6) is 11.5 Å². The van der Waals surface area contributed by atoms with E-state index < -0.39 is 0 Å². The van der Waals surface area contributed by atoms with Crippen molar-refractivity contribution in [3.8, 4) is 11.5 Å². The number of aliphatic imine (C=N–C) groups is 1. The molecule has 0 aliphatic carbocycles. The third kappa shape index (κ3) is 7.76. The molecule has 1 aromatic rings. The van der Waals surface area contributed by atoms with Crippen molar-refractivity contribution in [2.24, 2.45) is 4.99 Å². The van der Waals surface area contributed by atoms with Crippen LogP contribution in [0.15, 0.2) is 23.2 Å². The Morgan fingerprint density at radius 2 is 1.85 bits per heavy atom. The van der Waals surface area contributed by atoms with Gasteiger partial charge in [-0.05, 0) is 45.4 Å². The molecule has 0 saturated carbocycles. The molecule has 27 heavy (non-hydrogen) atoms. The van der Waals surface area contributed by atoms with Crippen molar-refractivity contribution in [2.75, 3.05) is 39.9 Å². The second kappa shape index (κ2) is 12.8. The SMILES string of the molecule is CCNC(=NCc1ccc(OCC)c(OC)c1)NCCC(=O)N(CC)CC. The van der Waals surface area contributed by atoms with Crippen molar-refractivity contribution in [1.29, 1.82) is 0 Å². The fourth-order valence-electron chi connectivity index (χ4n) is 2.62. The normalized spacial score (nSPS) is 11.1. The molecule has 0 aliphatic heterocycles. The number of nitrogens with one attached hydrogen (secondary N) is 2. The van der Waals surface area contributed by atoms with Gasteiger partial charge < -0.3 is 25.0 Å². The number of methoxy groups -OCH3 is 1. The van der Waals surface area contributed by atoms with Gasteiger partial charge in [0.15, 0.2) is 17.5 Å². The number of carbonyl (C=O) groups excluding carboxylic acids is 1. The lowest BCUT2D eigenvalue weighted by molar-refractivity contribution is -0.130. The van der Waals surface area contributed by atoms with Gasteiger partial charge in [-0.1, -0.05) is 6.07 Å². The first-order chi connectivity index (χ1) is 13.1. The molecule has 0 radical (unpaired) electrons. The molecule has 7 nitrogen and oxygen atoms in total. The number of nitrogens with zero attached hydrogens (tertiary/aromatic N) is 2. The van der Waals surface area contributed by atoms with Crippen LogP contribution in [-0.4, -0.2) is 56.7 Å². The fraction of sp³-hybridized carbons (Fsp3) is 0.600. The fourth-order valence-corrected chi connectivity index (χ4v) is 2.62. The van der Waals surface area contributed by atoms with Gasteiger partial charge in [0.2, 0.25) is 5.91 Å². The Bertz CT molecular complexity index is 601. The maximum atomic E-state index is 12.1. The summed E-state index contributed by atoms with van der Waals surface area (Å²) in [6.07, 6.45) is 0.447. The minimum absolute atomic E-state index is 0.152. The molecular formula is C20H34N4O3. The Labute approximate surface area is 163 Å². The molecule has 152 valence electrons. The highest BCUT2D eigenvalue weighted by Gasteiger charge is 2.09. The predicted octanol–water partition coefficient (Wildman–Crippen LogP) is 2.41. The van der Waals surface area contributed by atoms with Gasteiger partial charge in [-0.15, -0.1) is 0 Å². The van der Waals surface area contributed by atoms with E-state index in [2.05, 4.69) is 15.6 Å². The maximum Gasteiger partial charge on any atom is 0.224 e. The summed E-state index contributed by atoms with van der Waals surface area (Å²) in [4.78, 5) is 18.5. The summed E-state index contributed by atoms with van der Waals surface area (Å²) in [6.45, 7) is 11.8. The van der Waals surface area contributed by atoms with E-state index in [-0.39, 0.29) is 5.91 Å². The topological polar surface area (TPSA) is 75.2 Å². The van der Waals surface area contributed by atoms with Gasteiger partial charge >= 0.3 is 0 Å². The lowest BCUT2D eigenvalue weighted by Crippen LogP contribution is -2.40. The first-order valence-electron chi connectivity index (χ1n) is 9.69. The number of hydrogen-bond donors (Lipinski definition) is 2.